The smallest absolute Gasteiger partial charge is 0.369 e. The Balaban J connectivity index is 10.6. The van der Waals surface area contributed by atoms with Crippen LogP contribution in [0.5, 0.6) is 0 Å². The Morgan fingerprint density at radius 1 is 0.455 bits per heavy atom. The summed E-state index contributed by atoms with van der Waals surface area (Å²) < 4.78 is 107. The molecule has 0 unspecified atom stereocenters. The van der Waals surface area contributed by atoms with Crippen LogP contribution in [0.4, 0.5) is 0 Å². The average molecular weight is 839 g/mol. The monoisotopic (exact) mass is 839 g/mol. The van der Waals surface area contributed by atoms with Gasteiger partial charge in [0.1, 0.15) is 0 Å². The van der Waals surface area contributed by atoms with Crippen molar-refractivity contribution in [3.63, 3.8) is 0 Å². The lowest BCUT2D eigenvalue weighted by molar-refractivity contribution is -0.150. The van der Waals surface area contributed by atoms with Crippen molar-refractivity contribution in [2.24, 2.45) is 0 Å². The SMILES string of the molecule is O=C(OP(=O)(O)O)[C@@](N(P(=O)(O)O)P(=O)(O)O)([C@](OP(=O)(O)O)(C(P(=O)(O)O)(P(=O)(O)O)P(=O)(O)O)P(=O)(O)O)P(=O)(O)O. The molecular formula is C4H18NO30P9. The van der Waals surface area contributed by atoms with Gasteiger partial charge in [-0.25, -0.2) is 23.1 Å². The van der Waals surface area contributed by atoms with Crippen molar-refractivity contribution in [2.75, 3.05) is 0 Å². The van der Waals surface area contributed by atoms with Crippen LogP contribution in [0.25, 0.3) is 0 Å². The van der Waals surface area contributed by atoms with Crippen molar-refractivity contribution >= 4 is 75.1 Å². The summed E-state index contributed by atoms with van der Waals surface area (Å²) in [6.07, 6.45) is 0. The zero-order chi connectivity index (χ0) is 36.6. The Labute approximate surface area is 238 Å². The van der Waals surface area contributed by atoms with Crippen molar-refractivity contribution in [2.45, 2.75) is 15.3 Å². The van der Waals surface area contributed by atoms with Crippen LogP contribution in [-0.4, -0.2) is 114 Å². The van der Waals surface area contributed by atoms with E-state index >= 15 is 0 Å². The first-order chi connectivity index (χ1) is 18.5. The lowest BCUT2D eigenvalue weighted by Crippen LogP contribution is -2.74. The molecule has 0 aliphatic heterocycles. The normalized spacial score (nSPS) is 18.4. The number of carbonyl (C=O) groups excluding carboxylic acids is 1. The van der Waals surface area contributed by atoms with Crippen LogP contribution in [0.1, 0.15) is 0 Å². The van der Waals surface area contributed by atoms with Crippen LogP contribution in [0.3, 0.4) is 0 Å². The van der Waals surface area contributed by atoms with Crippen molar-refractivity contribution in [1.29, 1.82) is 0 Å². The Morgan fingerprint density at radius 3 is 0.909 bits per heavy atom. The molecule has 31 nitrogen and oxygen atoms in total. The second-order valence-electron chi connectivity index (χ2n) is 7.44. The van der Waals surface area contributed by atoms with Gasteiger partial charge in [-0.1, -0.05) is 4.44 Å². The van der Waals surface area contributed by atoms with E-state index in [9.17, 15) is 124 Å². The van der Waals surface area contributed by atoms with Gasteiger partial charge in [0.15, 0.2) is 0 Å². The summed E-state index contributed by atoms with van der Waals surface area (Å²) in [6.45, 7) is 0. The molecule has 44 heavy (non-hydrogen) atoms. The van der Waals surface area contributed by atoms with Gasteiger partial charge in [0.25, 0.3) is 10.6 Å². The van der Waals surface area contributed by atoms with Gasteiger partial charge in [-0.2, -0.15) is 0 Å². The molecule has 0 spiro atoms. The minimum absolute atomic E-state index is 2.92. The zero-order valence-electron chi connectivity index (χ0n) is 19.4. The molecule has 40 heteroatoms. The molecule has 0 saturated heterocycles. The molecule has 0 aliphatic rings. The van der Waals surface area contributed by atoms with E-state index in [1.807, 2.05) is 0 Å². The summed E-state index contributed by atoms with van der Waals surface area (Å²) in [5.74, 6) is -4.60. The van der Waals surface area contributed by atoms with Gasteiger partial charge in [0.2, 0.25) is 0 Å². The number of carbonyl (C=O) groups is 1. The van der Waals surface area contributed by atoms with Crippen LogP contribution in [0, 0.1) is 0 Å². The van der Waals surface area contributed by atoms with Crippen molar-refractivity contribution < 1.29 is 143 Å². The number of phosphoric ester groups is 2. The first kappa shape index (κ1) is 44.7. The zero-order valence-corrected chi connectivity index (χ0v) is 27.5. The molecule has 0 aromatic rings. The van der Waals surface area contributed by atoms with E-state index in [-0.39, 0.29) is 0 Å². The molecule has 264 valence electrons. The van der Waals surface area contributed by atoms with Gasteiger partial charge in [-0.15, -0.1) is 0 Å². The van der Waals surface area contributed by atoms with Crippen LogP contribution >= 0.6 is 69.1 Å². The minimum Gasteiger partial charge on any atom is -0.369 e. The predicted molar refractivity (Wildman–Crippen MR) is 126 cm³/mol. The fraction of sp³-hybridized carbons (Fsp3) is 0.750. The van der Waals surface area contributed by atoms with Gasteiger partial charge in [0, 0.05) is 0 Å². The maximum Gasteiger partial charge on any atom is 0.527 e. The first-order valence-corrected chi connectivity index (χ1v) is 23.0. The topological polar surface area (TPSA) is 557 Å². The van der Waals surface area contributed by atoms with Gasteiger partial charge in [0.05, 0.1) is 0 Å². The lowest BCUT2D eigenvalue weighted by Gasteiger charge is -2.56. The highest BCUT2D eigenvalue weighted by atomic mass is 31.3. The molecule has 0 bridgehead atoms. The van der Waals surface area contributed by atoms with Crippen molar-refractivity contribution in [3.05, 3.63) is 0 Å². The number of hydrogen-bond acceptors (Lipinski definition) is 12. The molecule has 0 heterocycles. The van der Waals surface area contributed by atoms with E-state index < -0.39 is 94.8 Å². The summed E-state index contributed by atoms with van der Waals surface area (Å²) in [6, 6.07) is 0. The maximum atomic E-state index is 13.1. The second-order valence-corrected chi connectivity index (χ2v) is 22.7. The van der Waals surface area contributed by atoms with Gasteiger partial charge >= 0.3 is 79.7 Å². The van der Waals surface area contributed by atoms with E-state index in [4.69, 9.17) is 9.79 Å². The molecule has 18 N–H and O–H groups in total. The van der Waals surface area contributed by atoms with E-state index in [1.165, 1.54) is 0 Å². The fourth-order valence-electron chi connectivity index (χ4n) is 3.57. The largest absolute Gasteiger partial charge is 0.527 e. The Bertz CT molecular complexity index is 1510. The molecule has 2 atom stereocenters. The summed E-state index contributed by atoms with van der Waals surface area (Å²) in [4.78, 5) is 187. The Hall–Kier alpha value is 0.740. The summed E-state index contributed by atoms with van der Waals surface area (Å²) >= 11 is 0. The van der Waals surface area contributed by atoms with Crippen LogP contribution in [0.15, 0.2) is 0 Å². The predicted octanol–water partition coefficient (Wildman–Crippen LogP) is -4.85. The maximum absolute atomic E-state index is 13.1. The molecule has 0 aliphatic carbocycles. The third-order valence-electron chi connectivity index (χ3n) is 4.50. The number of rotatable bonds is 14. The second kappa shape index (κ2) is 12.3. The van der Waals surface area contributed by atoms with Gasteiger partial charge in [-0.3, -0.25) is 37.1 Å². The highest BCUT2D eigenvalue weighted by Crippen LogP contribution is 2.96. The molecule has 0 aromatic heterocycles. The van der Waals surface area contributed by atoms with E-state index in [1.54, 1.807) is 0 Å². The number of hydrogen-bond donors (Lipinski definition) is 18. The molecule has 0 rings (SSSR count). The first-order valence-electron chi connectivity index (χ1n) is 8.71. The van der Waals surface area contributed by atoms with Gasteiger partial charge in [-0.05, 0) is 0 Å². The standard InChI is InChI=1S/C4H18NO30P9/c6-1(34-43(28,29)30)2(36(7,8)9,5(41(22,23)24)42(25,26)27)3(37(10,11)12,35-44(31,32)33)4(38(13,14)15,39(16,17)18)40(19,20)21/h(H2,7,8,9)(H2,10,11,12)(H2,13,14,15)(H2,16,17,18)(H2,19,20,21)(H2,22,23,24)(H2,25,26,27)(H2,28,29,30)(H2,31,32,33)/t2-,3+/m0/s1. The average Bonchev–Trinajstić information content (AvgIpc) is 2.54. The Kier molecular flexibility index (Phi) is 12.5. The van der Waals surface area contributed by atoms with E-state index in [0.29, 0.717) is 0 Å². The highest BCUT2D eigenvalue weighted by molar-refractivity contribution is 7.90. The third kappa shape index (κ3) is 7.64. The molecular weight excluding hydrogens is 821 g/mol. The van der Waals surface area contributed by atoms with Crippen molar-refractivity contribution in [3.8, 4) is 0 Å². The molecule has 0 aromatic carbocycles. The van der Waals surface area contributed by atoms with Crippen molar-refractivity contribution in [1.82, 2.24) is 4.44 Å². The molecule has 0 radical (unpaired) electrons. The van der Waals surface area contributed by atoms with Crippen LogP contribution in [-0.2, 0) is 54.9 Å². The molecule has 0 fully saturated rings. The minimum atomic E-state index is -8.91. The van der Waals surface area contributed by atoms with E-state index in [0.717, 1.165) is 0 Å². The molecule has 0 amide bonds. The summed E-state index contributed by atoms with van der Waals surface area (Å²) in [7, 11) is -74.8. The highest BCUT2D eigenvalue weighted by Gasteiger charge is 3.00. The Morgan fingerprint density at radius 2 is 0.750 bits per heavy atom. The summed E-state index contributed by atoms with van der Waals surface area (Å²) in [5.41, 5.74) is 0. The van der Waals surface area contributed by atoms with Gasteiger partial charge < -0.3 is 82.8 Å². The quantitative estimate of drug-likeness (QED) is 0.0729. The number of phosphoric acid groups is 2. The third-order valence-corrected chi connectivity index (χ3v) is 20.7. The van der Waals surface area contributed by atoms with Crippen LogP contribution in [0.2, 0.25) is 0 Å². The van der Waals surface area contributed by atoms with Crippen LogP contribution < -0.4 is 0 Å². The fourth-order valence-corrected chi connectivity index (χ4v) is 21.0. The lowest BCUT2D eigenvalue weighted by atomic mass is 10.1. The number of nitrogens with zero attached hydrogens (tertiary/aromatic N) is 1. The summed E-state index contributed by atoms with van der Waals surface area (Å²) in [5, 5.41) is -15.0. The molecule has 0 saturated carbocycles. The van der Waals surface area contributed by atoms with E-state index in [2.05, 4.69) is 9.05 Å².